The van der Waals surface area contributed by atoms with Gasteiger partial charge < -0.3 is 0 Å². The van der Waals surface area contributed by atoms with Gasteiger partial charge in [0.15, 0.2) is 0 Å². The van der Waals surface area contributed by atoms with E-state index in [4.69, 9.17) is 0 Å². The molecule has 0 aliphatic carbocycles. The quantitative estimate of drug-likeness (QED) is 0.274. The molecule has 6 aromatic rings. The molecule has 0 atom stereocenters. The van der Waals surface area contributed by atoms with Gasteiger partial charge in [-0.2, -0.15) is 0 Å². The van der Waals surface area contributed by atoms with Crippen LogP contribution in [0.3, 0.4) is 0 Å². The summed E-state index contributed by atoms with van der Waals surface area (Å²) in [5.74, 6) is -0.195. The summed E-state index contributed by atoms with van der Waals surface area (Å²) < 4.78 is 15.3. The van der Waals surface area contributed by atoms with E-state index in [-0.39, 0.29) is 5.82 Å². The Balaban J connectivity index is 1.70. The molecule has 0 nitrogen and oxygen atoms in total. The minimum absolute atomic E-state index is 0.195. The van der Waals surface area contributed by atoms with Crippen LogP contribution in [-0.2, 0) is 0 Å². The summed E-state index contributed by atoms with van der Waals surface area (Å²) in [6.45, 7) is 0. The molecule has 0 aliphatic rings. The van der Waals surface area contributed by atoms with Crippen molar-refractivity contribution >= 4 is 32.3 Å². The SMILES string of the molecule is Fc1ccc2c(-c3cccc4ccccc34)cccc2c1-c1cccc2ccccc12. The fourth-order valence-corrected chi connectivity index (χ4v) is 4.74. The van der Waals surface area contributed by atoms with Gasteiger partial charge in [0.2, 0.25) is 0 Å². The van der Waals surface area contributed by atoms with Gasteiger partial charge in [-0.1, -0.05) is 109 Å². The van der Waals surface area contributed by atoms with Crippen molar-refractivity contribution in [3.63, 3.8) is 0 Å². The third-order valence-corrected chi connectivity index (χ3v) is 6.15. The van der Waals surface area contributed by atoms with Gasteiger partial charge in [-0.3, -0.25) is 0 Å². The molecule has 1 heteroatoms. The zero-order valence-corrected chi connectivity index (χ0v) is 16.8. The van der Waals surface area contributed by atoms with Crippen molar-refractivity contribution in [2.24, 2.45) is 0 Å². The van der Waals surface area contributed by atoms with Crippen molar-refractivity contribution < 1.29 is 4.39 Å². The summed E-state index contributed by atoms with van der Waals surface area (Å²) in [5, 5.41) is 6.57. The lowest BCUT2D eigenvalue weighted by molar-refractivity contribution is 0.633. The van der Waals surface area contributed by atoms with E-state index in [0.29, 0.717) is 5.56 Å². The van der Waals surface area contributed by atoms with E-state index < -0.39 is 0 Å². The Kier molecular flexibility index (Phi) is 4.07. The molecule has 0 fully saturated rings. The van der Waals surface area contributed by atoms with Gasteiger partial charge in [-0.25, -0.2) is 4.39 Å². The maximum absolute atomic E-state index is 15.3. The highest BCUT2D eigenvalue weighted by Crippen LogP contribution is 2.40. The van der Waals surface area contributed by atoms with E-state index in [1.54, 1.807) is 6.07 Å². The molecule has 0 bridgehead atoms. The van der Waals surface area contributed by atoms with Crippen LogP contribution in [0.15, 0.2) is 115 Å². The Labute approximate surface area is 180 Å². The highest BCUT2D eigenvalue weighted by molar-refractivity contribution is 6.11. The van der Waals surface area contributed by atoms with Crippen LogP contribution in [0.1, 0.15) is 0 Å². The number of benzene rings is 6. The van der Waals surface area contributed by atoms with E-state index >= 15 is 4.39 Å². The summed E-state index contributed by atoms with van der Waals surface area (Å²) in [4.78, 5) is 0. The Morgan fingerprint density at radius 3 is 1.55 bits per heavy atom. The van der Waals surface area contributed by atoms with Crippen molar-refractivity contribution in [1.29, 1.82) is 0 Å². The predicted octanol–water partition coefficient (Wildman–Crippen LogP) is 8.62. The largest absolute Gasteiger partial charge is 0.206 e. The Bertz CT molecular complexity index is 1580. The summed E-state index contributed by atoms with van der Waals surface area (Å²) in [6.07, 6.45) is 0. The van der Waals surface area contributed by atoms with Crippen molar-refractivity contribution in [3.8, 4) is 22.3 Å². The fourth-order valence-electron chi connectivity index (χ4n) is 4.74. The van der Waals surface area contributed by atoms with E-state index in [9.17, 15) is 0 Å². The van der Waals surface area contributed by atoms with Crippen molar-refractivity contribution in [1.82, 2.24) is 0 Å². The number of fused-ring (bicyclic) bond motifs is 3. The van der Waals surface area contributed by atoms with Gasteiger partial charge in [-0.15, -0.1) is 0 Å². The van der Waals surface area contributed by atoms with E-state index in [1.165, 1.54) is 16.3 Å². The molecule has 6 aromatic carbocycles. The van der Waals surface area contributed by atoms with E-state index in [2.05, 4.69) is 66.7 Å². The third-order valence-electron chi connectivity index (χ3n) is 6.15. The predicted molar refractivity (Wildman–Crippen MR) is 130 cm³/mol. The smallest absolute Gasteiger partial charge is 0.131 e. The minimum Gasteiger partial charge on any atom is -0.206 e. The van der Waals surface area contributed by atoms with Gasteiger partial charge in [0.05, 0.1) is 0 Å². The molecule has 0 unspecified atom stereocenters. The fraction of sp³-hybridized carbons (Fsp3) is 0. The maximum Gasteiger partial charge on any atom is 0.131 e. The van der Waals surface area contributed by atoms with Crippen LogP contribution in [0.4, 0.5) is 4.39 Å². The van der Waals surface area contributed by atoms with Crippen LogP contribution >= 0.6 is 0 Å². The van der Waals surface area contributed by atoms with Gasteiger partial charge >= 0.3 is 0 Å². The van der Waals surface area contributed by atoms with E-state index in [1.807, 2.05) is 42.5 Å². The van der Waals surface area contributed by atoms with Crippen LogP contribution in [0.25, 0.3) is 54.6 Å². The first-order chi connectivity index (χ1) is 15.3. The Morgan fingerprint density at radius 2 is 0.839 bits per heavy atom. The summed E-state index contributed by atoms with van der Waals surface area (Å²) >= 11 is 0. The first-order valence-electron chi connectivity index (χ1n) is 10.5. The second kappa shape index (κ2) is 7.07. The normalized spacial score (nSPS) is 11.4. The molecule has 0 saturated heterocycles. The van der Waals surface area contributed by atoms with Crippen LogP contribution in [0.5, 0.6) is 0 Å². The van der Waals surface area contributed by atoms with Crippen molar-refractivity contribution in [3.05, 3.63) is 121 Å². The molecule has 146 valence electrons. The van der Waals surface area contributed by atoms with E-state index in [0.717, 1.165) is 32.7 Å². The van der Waals surface area contributed by atoms with Crippen molar-refractivity contribution in [2.45, 2.75) is 0 Å². The second-order valence-electron chi connectivity index (χ2n) is 7.88. The zero-order valence-electron chi connectivity index (χ0n) is 16.8. The van der Waals surface area contributed by atoms with Crippen molar-refractivity contribution in [2.75, 3.05) is 0 Å². The number of hydrogen-bond acceptors (Lipinski definition) is 0. The van der Waals surface area contributed by atoms with Gasteiger partial charge in [0.1, 0.15) is 5.82 Å². The monoisotopic (exact) mass is 398 g/mol. The molecule has 0 heterocycles. The molecule has 6 rings (SSSR count). The lowest BCUT2D eigenvalue weighted by Crippen LogP contribution is -1.91. The molecular formula is C30H19F. The molecule has 0 saturated carbocycles. The van der Waals surface area contributed by atoms with Crippen LogP contribution in [0, 0.1) is 5.82 Å². The lowest BCUT2D eigenvalue weighted by atomic mass is 9.89. The number of rotatable bonds is 2. The summed E-state index contributed by atoms with van der Waals surface area (Å²) in [7, 11) is 0. The molecular weight excluding hydrogens is 379 g/mol. The molecule has 0 aromatic heterocycles. The first-order valence-corrected chi connectivity index (χ1v) is 10.5. The highest BCUT2D eigenvalue weighted by Gasteiger charge is 2.15. The third kappa shape index (κ3) is 2.82. The zero-order chi connectivity index (χ0) is 20.8. The standard InChI is InChI=1S/C30H19F/c31-29-19-18-26-25(24-14-5-10-20-8-1-3-12-22(20)24)15-7-17-28(26)30(29)27-16-6-11-21-9-2-4-13-23(21)27/h1-19H. The molecule has 31 heavy (non-hydrogen) atoms. The maximum atomic E-state index is 15.3. The first kappa shape index (κ1) is 17.9. The molecule has 0 amide bonds. The summed E-state index contributed by atoms with van der Waals surface area (Å²) in [5.41, 5.74) is 3.88. The number of hydrogen-bond donors (Lipinski definition) is 0. The Morgan fingerprint density at radius 1 is 0.355 bits per heavy atom. The highest BCUT2D eigenvalue weighted by atomic mass is 19.1. The van der Waals surface area contributed by atoms with Gasteiger partial charge in [0, 0.05) is 5.56 Å². The van der Waals surface area contributed by atoms with Gasteiger partial charge in [-0.05, 0) is 55.1 Å². The lowest BCUT2D eigenvalue weighted by Gasteiger charge is -2.15. The molecule has 0 radical (unpaired) electrons. The van der Waals surface area contributed by atoms with Gasteiger partial charge in [0.25, 0.3) is 0 Å². The van der Waals surface area contributed by atoms with Crippen LogP contribution in [0.2, 0.25) is 0 Å². The minimum atomic E-state index is -0.195. The topological polar surface area (TPSA) is 0 Å². The van der Waals surface area contributed by atoms with Crippen LogP contribution in [-0.4, -0.2) is 0 Å². The second-order valence-corrected chi connectivity index (χ2v) is 7.88. The number of halogens is 1. The molecule has 0 aliphatic heterocycles. The van der Waals surface area contributed by atoms with Crippen LogP contribution < -0.4 is 0 Å². The molecule has 0 spiro atoms. The average molecular weight is 398 g/mol. The molecule has 0 N–H and O–H groups in total. The average Bonchev–Trinajstić information content (AvgIpc) is 2.83. The summed E-state index contributed by atoms with van der Waals surface area (Å²) in [6, 6.07) is 38.8. The Hall–Kier alpha value is -3.97.